The minimum Gasteiger partial charge on any atom is -0.310 e. The number of carbonyl (C=O) groups is 1. The largest absolute Gasteiger partial charge is 0.310 e. The lowest BCUT2D eigenvalue weighted by molar-refractivity contribution is -0.115. The first-order valence-electron chi connectivity index (χ1n) is 7.34. The SMILES string of the molecule is Cc1nc(CC(=O)Nc2c(-c3ccccc3)c(C)nn2C)cs1. The van der Waals surface area contributed by atoms with Gasteiger partial charge in [0.1, 0.15) is 5.82 Å². The lowest BCUT2D eigenvalue weighted by Gasteiger charge is -2.08. The van der Waals surface area contributed by atoms with Gasteiger partial charge in [-0.3, -0.25) is 9.48 Å². The summed E-state index contributed by atoms with van der Waals surface area (Å²) in [4.78, 5) is 16.7. The number of aryl methyl sites for hydroxylation is 3. The summed E-state index contributed by atoms with van der Waals surface area (Å²) in [5, 5.41) is 10.3. The van der Waals surface area contributed by atoms with Gasteiger partial charge in [0.05, 0.1) is 22.8 Å². The number of hydrogen-bond acceptors (Lipinski definition) is 4. The first kappa shape index (κ1) is 15.4. The number of amides is 1. The van der Waals surface area contributed by atoms with Gasteiger partial charge in [-0.2, -0.15) is 5.10 Å². The molecule has 6 heteroatoms. The number of nitrogens with zero attached hydrogens (tertiary/aromatic N) is 3. The Hall–Kier alpha value is -2.47. The van der Waals surface area contributed by atoms with Crippen molar-refractivity contribution in [3.8, 4) is 11.1 Å². The van der Waals surface area contributed by atoms with Gasteiger partial charge in [0.2, 0.25) is 5.91 Å². The van der Waals surface area contributed by atoms with Crippen LogP contribution in [-0.4, -0.2) is 20.7 Å². The van der Waals surface area contributed by atoms with E-state index in [0.29, 0.717) is 5.82 Å². The average Bonchev–Trinajstić information content (AvgIpc) is 3.03. The summed E-state index contributed by atoms with van der Waals surface area (Å²) in [5.74, 6) is 0.626. The Bertz CT molecular complexity index is 836. The number of benzene rings is 1. The second-order valence-electron chi connectivity index (χ2n) is 5.38. The molecule has 0 spiro atoms. The van der Waals surface area contributed by atoms with Crippen molar-refractivity contribution in [3.63, 3.8) is 0 Å². The van der Waals surface area contributed by atoms with Gasteiger partial charge in [-0.15, -0.1) is 11.3 Å². The molecule has 3 aromatic rings. The Labute approximate surface area is 139 Å². The predicted octanol–water partition coefficient (Wildman–Crippen LogP) is 3.34. The zero-order valence-corrected chi connectivity index (χ0v) is 14.1. The predicted molar refractivity (Wildman–Crippen MR) is 92.6 cm³/mol. The molecule has 2 aromatic heterocycles. The zero-order chi connectivity index (χ0) is 16.4. The Balaban J connectivity index is 1.87. The summed E-state index contributed by atoms with van der Waals surface area (Å²) in [6.45, 7) is 3.88. The van der Waals surface area contributed by atoms with Gasteiger partial charge in [0, 0.05) is 18.0 Å². The van der Waals surface area contributed by atoms with Crippen molar-refractivity contribution in [1.82, 2.24) is 14.8 Å². The first-order valence-corrected chi connectivity index (χ1v) is 8.22. The van der Waals surface area contributed by atoms with E-state index in [0.717, 1.165) is 27.5 Å². The van der Waals surface area contributed by atoms with E-state index in [-0.39, 0.29) is 12.3 Å². The molecule has 0 saturated carbocycles. The van der Waals surface area contributed by atoms with Gasteiger partial charge >= 0.3 is 0 Å². The van der Waals surface area contributed by atoms with E-state index in [2.05, 4.69) is 15.4 Å². The number of carbonyl (C=O) groups excluding carboxylic acids is 1. The van der Waals surface area contributed by atoms with Crippen LogP contribution >= 0.6 is 11.3 Å². The molecule has 23 heavy (non-hydrogen) atoms. The van der Waals surface area contributed by atoms with Crippen LogP contribution in [0.25, 0.3) is 11.1 Å². The van der Waals surface area contributed by atoms with E-state index < -0.39 is 0 Å². The number of aromatic nitrogens is 3. The fourth-order valence-electron chi connectivity index (χ4n) is 2.58. The molecule has 118 valence electrons. The van der Waals surface area contributed by atoms with Gasteiger partial charge in [-0.05, 0) is 19.4 Å². The normalized spacial score (nSPS) is 10.7. The molecule has 0 fully saturated rings. The molecule has 5 nitrogen and oxygen atoms in total. The van der Waals surface area contributed by atoms with Crippen LogP contribution in [0.3, 0.4) is 0 Å². The van der Waals surface area contributed by atoms with Crippen LogP contribution in [0.4, 0.5) is 5.82 Å². The Kier molecular flexibility index (Phi) is 4.25. The van der Waals surface area contributed by atoms with E-state index in [1.165, 1.54) is 0 Å². The third kappa shape index (κ3) is 3.32. The topological polar surface area (TPSA) is 59.8 Å². The van der Waals surface area contributed by atoms with Gasteiger partial charge in [0.15, 0.2) is 0 Å². The lowest BCUT2D eigenvalue weighted by Crippen LogP contribution is -2.17. The van der Waals surface area contributed by atoms with Crippen LogP contribution in [0, 0.1) is 13.8 Å². The molecule has 0 radical (unpaired) electrons. The maximum Gasteiger partial charge on any atom is 0.231 e. The molecule has 0 aliphatic carbocycles. The van der Waals surface area contributed by atoms with E-state index in [1.54, 1.807) is 16.0 Å². The standard InChI is InChI=1S/C17H18N4OS/c1-11-16(13-7-5-4-6-8-13)17(21(3)20-11)19-15(22)9-14-10-23-12(2)18-14/h4-8,10H,9H2,1-3H3,(H,19,22). The molecule has 0 unspecified atom stereocenters. The van der Waals surface area contributed by atoms with Gasteiger partial charge in [-0.1, -0.05) is 30.3 Å². The van der Waals surface area contributed by atoms with Crippen LogP contribution in [0.2, 0.25) is 0 Å². The van der Waals surface area contributed by atoms with Gasteiger partial charge in [0.25, 0.3) is 0 Å². The fraction of sp³-hybridized carbons (Fsp3) is 0.235. The van der Waals surface area contributed by atoms with Crippen LogP contribution in [-0.2, 0) is 18.3 Å². The molecule has 0 atom stereocenters. The van der Waals surface area contributed by atoms with E-state index in [4.69, 9.17) is 0 Å². The molecular weight excluding hydrogens is 308 g/mol. The van der Waals surface area contributed by atoms with Crippen molar-refractivity contribution in [2.24, 2.45) is 7.05 Å². The lowest BCUT2D eigenvalue weighted by atomic mass is 10.1. The van der Waals surface area contributed by atoms with Crippen molar-refractivity contribution >= 4 is 23.1 Å². The molecule has 3 rings (SSSR count). The van der Waals surface area contributed by atoms with Crippen LogP contribution in [0.1, 0.15) is 16.4 Å². The van der Waals surface area contributed by atoms with Crippen LogP contribution < -0.4 is 5.32 Å². The number of rotatable bonds is 4. The van der Waals surface area contributed by atoms with Crippen molar-refractivity contribution in [2.75, 3.05) is 5.32 Å². The highest BCUT2D eigenvalue weighted by Gasteiger charge is 2.17. The highest BCUT2D eigenvalue weighted by molar-refractivity contribution is 7.09. The third-order valence-corrected chi connectivity index (χ3v) is 4.37. The smallest absolute Gasteiger partial charge is 0.231 e. The maximum absolute atomic E-state index is 12.3. The van der Waals surface area contributed by atoms with E-state index >= 15 is 0 Å². The Morgan fingerprint density at radius 2 is 2.00 bits per heavy atom. The molecule has 0 aliphatic heterocycles. The summed E-state index contributed by atoms with van der Waals surface area (Å²) in [6, 6.07) is 9.96. The first-order chi connectivity index (χ1) is 11.0. The molecule has 1 N–H and O–H groups in total. The van der Waals surface area contributed by atoms with Crippen molar-refractivity contribution in [1.29, 1.82) is 0 Å². The quantitative estimate of drug-likeness (QED) is 0.800. The van der Waals surface area contributed by atoms with Crippen LogP contribution in [0.5, 0.6) is 0 Å². The van der Waals surface area contributed by atoms with E-state index in [9.17, 15) is 4.79 Å². The number of thiazole rings is 1. The molecule has 1 amide bonds. The zero-order valence-electron chi connectivity index (χ0n) is 13.3. The summed E-state index contributed by atoms with van der Waals surface area (Å²) in [5.41, 5.74) is 3.68. The Morgan fingerprint density at radius 3 is 2.65 bits per heavy atom. The van der Waals surface area contributed by atoms with Crippen molar-refractivity contribution in [3.05, 3.63) is 52.1 Å². The average molecular weight is 326 g/mol. The molecular formula is C17H18N4OS. The second kappa shape index (κ2) is 6.34. The number of hydrogen-bond donors (Lipinski definition) is 1. The van der Waals surface area contributed by atoms with Crippen molar-refractivity contribution < 1.29 is 4.79 Å². The van der Waals surface area contributed by atoms with Crippen LogP contribution in [0.15, 0.2) is 35.7 Å². The molecule has 1 aromatic carbocycles. The summed E-state index contributed by atoms with van der Waals surface area (Å²) < 4.78 is 1.71. The van der Waals surface area contributed by atoms with Crippen molar-refractivity contribution in [2.45, 2.75) is 20.3 Å². The van der Waals surface area contributed by atoms with Gasteiger partial charge in [-0.25, -0.2) is 4.98 Å². The Morgan fingerprint density at radius 1 is 1.26 bits per heavy atom. The molecule has 0 saturated heterocycles. The number of anilines is 1. The van der Waals surface area contributed by atoms with Gasteiger partial charge < -0.3 is 5.32 Å². The summed E-state index contributed by atoms with van der Waals surface area (Å²) >= 11 is 1.55. The minimum absolute atomic E-state index is 0.0875. The summed E-state index contributed by atoms with van der Waals surface area (Å²) in [7, 11) is 1.84. The maximum atomic E-state index is 12.3. The summed E-state index contributed by atoms with van der Waals surface area (Å²) in [6.07, 6.45) is 0.267. The van der Waals surface area contributed by atoms with E-state index in [1.807, 2.05) is 56.6 Å². The monoisotopic (exact) mass is 326 g/mol. The second-order valence-corrected chi connectivity index (χ2v) is 6.44. The molecule has 2 heterocycles. The molecule has 0 aliphatic rings. The highest BCUT2D eigenvalue weighted by atomic mass is 32.1. The molecule has 0 bridgehead atoms. The number of nitrogens with one attached hydrogen (secondary N) is 1. The minimum atomic E-state index is -0.0875. The highest BCUT2D eigenvalue weighted by Crippen LogP contribution is 2.30. The fourth-order valence-corrected chi connectivity index (χ4v) is 3.19. The third-order valence-electron chi connectivity index (χ3n) is 3.55.